The first-order chi connectivity index (χ1) is 15.1. The average Bonchev–Trinajstić information content (AvgIpc) is 2.73. The summed E-state index contributed by atoms with van der Waals surface area (Å²) >= 11 is 0. The second kappa shape index (κ2) is 9.54. The molecule has 0 aliphatic carbocycles. The highest BCUT2D eigenvalue weighted by molar-refractivity contribution is 5.72. The molecular weight excluding hydrogens is 427 g/mol. The highest BCUT2D eigenvalue weighted by Crippen LogP contribution is 2.29. The number of hydrogen-bond donors (Lipinski definition) is 2. The van der Waals surface area contributed by atoms with Gasteiger partial charge >= 0.3 is 12.1 Å². The van der Waals surface area contributed by atoms with Crippen LogP contribution in [0, 0.1) is 0 Å². The Morgan fingerprint density at radius 3 is 2.53 bits per heavy atom. The molecule has 0 saturated heterocycles. The van der Waals surface area contributed by atoms with E-state index in [2.05, 4.69) is 40.3 Å². The van der Waals surface area contributed by atoms with Gasteiger partial charge in [-0.25, -0.2) is 4.98 Å². The third kappa shape index (κ3) is 6.09. The summed E-state index contributed by atoms with van der Waals surface area (Å²) in [4.78, 5) is 32.1. The number of carbonyl (C=O) groups excluding carboxylic acids is 1. The van der Waals surface area contributed by atoms with E-state index in [1.807, 2.05) is 13.8 Å². The third-order valence-electron chi connectivity index (χ3n) is 3.95. The second-order valence-electron chi connectivity index (χ2n) is 6.92. The topological polar surface area (TPSA) is 115 Å². The number of nitrogens with zero attached hydrogens (tertiary/aromatic N) is 5. The van der Waals surface area contributed by atoms with E-state index in [0.29, 0.717) is 11.4 Å². The minimum atomic E-state index is -4.59. The van der Waals surface area contributed by atoms with Crippen LogP contribution in [-0.2, 0) is 22.1 Å². The zero-order valence-corrected chi connectivity index (χ0v) is 17.4. The molecule has 32 heavy (non-hydrogen) atoms. The molecule has 0 bridgehead atoms. The van der Waals surface area contributed by atoms with E-state index >= 15 is 0 Å². The molecule has 12 heteroatoms. The molecule has 0 amide bonds. The Bertz CT molecular complexity index is 1110. The maximum Gasteiger partial charge on any atom is 0.433 e. The Balaban J connectivity index is 1.97. The lowest BCUT2D eigenvalue weighted by atomic mass is 10.2. The van der Waals surface area contributed by atoms with Crippen molar-refractivity contribution in [2.24, 2.45) is 0 Å². The molecule has 3 rings (SSSR count). The number of esters is 1. The molecule has 3 aromatic rings. The largest absolute Gasteiger partial charge is 0.469 e. The third-order valence-corrected chi connectivity index (χ3v) is 3.95. The van der Waals surface area contributed by atoms with Crippen molar-refractivity contribution in [3.8, 4) is 11.5 Å². The second-order valence-corrected chi connectivity index (χ2v) is 6.92. The zero-order chi connectivity index (χ0) is 23.3. The first kappa shape index (κ1) is 22.8. The molecule has 0 atom stereocenters. The summed E-state index contributed by atoms with van der Waals surface area (Å²) in [6.45, 7) is 3.76. The molecular formula is C20H20F3N7O2. The van der Waals surface area contributed by atoms with Crippen LogP contribution < -0.4 is 10.6 Å². The smallest absolute Gasteiger partial charge is 0.433 e. The maximum absolute atomic E-state index is 13.0. The van der Waals surface area contributed by atoms with Gasteiger partial charge in [-0.15, -0.1) is 0 Å². The number of hydrogen-bond acceptors (Lipinski definition) is 9. The van der Waals surface area contributed by atoms with Crippen molar-refractivity contribution in [1.29, 1.82) is 0 Å². The lowest BCUT2D eigenvalue weighted by molar-refractivity contribution is -0.141. The van der Waals surface area contributed by atoms with E-state index in [1.165, 1.54) is 13.2 Å². The van der Waals surface area contributed by atoms with E-state index in [-0.39, 0.29) is 35.9 Å². The fourth-order valence-electron chi connectivity index (χ4n) is 2.58. The van der Waals surface area contributed by atoms with E-state index in [0.717, 1.165) is 12.3 Å². The van der Waals surface area contributed by atoms with Crippen LogP contribution in [0.1, 0.15) is 25.2 Å². The van der Waals surface area contributed by atoms with Gasteiger partial charge in [0.25, 0.3) is 0 Å². The van der Waals surface area contributed by atoms with E-state index in [4.69, 9.17) is 0 Å². The Kier molecular flexibility index (Phi) is 6.81. The van der Waals surface area contributed by atoms with Gasteiger partial charge in [-0.3, -0.25) is 9.78 Å². The molecule has 0 aromatic carbocycles. The summed E-state index contributed by atoms with van der Waals surface area (Å²) < 4.78 is 43.6. The van der Waals surface area contributed by atoms with Crippen molar-refractivity contribution < 1.29 is 22.7 Å². The summed E-state index contributed by atoms with van der Waals surface area (Å²) in [6.07, 6.45) is -3.58. The van der Waals surface area contributed by atoms with Crippen LogP contribution in [0.3, 0.4) is 0 Å². The van der Waals surface area contributed by atoms with Gasteiger partial charge in [-0.2, -0.15) is 28.1 Å². The number of alkyl halides is 3. The van der Waals surface area contributed by atoms with E-state index in [9.17, 15) is 18.0 Å². The van der Waals surface area contributed by atoms with Gasteiger partial charge < -0.3 is 15.4 Å². The first-order valence-corrected chi connectivity index (χ1v) is 9.50. The minimum Gasteiger partial charge on any atom is -0.469 e. The Hall–Kier alpha value is -3.83. The Labute approximate surface area is 181 Å². The van der Waals surface area contributed by atoms with Crippen LogP contribution in [0.4, 0.5) is 30.8 Å². The molecule has 0 unspecified atom stereocenters. The van der Waals surface area contributed by atoms with Gasteiger partial charge in [0.1, 0.15) is 11.4 Å². The molecule has 0 radical (unpaired) electrons. The minimum absolute atomic E-state index is 0.0117. The number of methoxy groups -OCH3 is 1. The standard InChI is InChI=1S/C20H20F3N7O2/c1-11(2)25-18-28-17(14-6-4-5-12(26-14)10-16(31)32-3)29-19(30-18)27-13-7-8-24-15(9-13)20(21,22)23/h4-9,11H,10H2,1-3H3,(H2,24,25,27,28,29,30). The Morgan fingerprint density at radius 1 is 1.09 bits per heavy atom. The summed E-state index contributed by atoms with van der Waals surface area (Å²) in [5, 5.41) is 5.79. The SMILES string of the molecule is COC(=O)Cc1cccc(-c2nc(Nc3ccnc(C(F)(F)F)c3)nc(NC(C)C)n2)n1. The molecule has 0 aliphatic rings. The predicted octanol–water partition coefficient (Wildman–Crippen LogP) is 3.63. The van der Waals surface area contributed by atoms with E-state index < -0.39 is 17.8 Å². The molecule has 0 spiro atoms. The number of nitrogens with one attached hydrogen (secondary N) is 2. The summed E-state index contributed by atoms with van der Waals surface area (Å²) in [6, 6.07) is 7.19. The fraction of sp³-hybridized carbons (Fsp3) is 0.300. The Morgan fingerprint density at radius 2 is 1.84 bits per heavy atom. The fourth-order valence-corrected chi connectivity index (χ4v) is 2.58. The van der Waals surface area contributed by atoms with Crippen LogP contribution in [0.15, 0.2) is 36.5 Å². The highest BCUT2D eigenvalue weighted by atomic mass is 19.4. The number of pyridine rings is 2. The summed E-state index contributed by atoms with van der Waals surface area (Å²) in [7, 11) is 1.28. The van der Waals surface area contributed by atoms with Gasteiger partial charge in [-0.1, -0.05) is 6.07 Å². The number of rotatable bonds is 7. The first-order valence-electron chi connectivity index (χ1n) is 9.50. The molecule has 3 aromatic heterocycles. The lowest BCUT2D eigenvalue weighted by Gasteiger charge is -2.13. The molecule has 0 aliphatic heterocycles. The number of carbonyl (C=O) groups is 1. The van der Waals surface area contributed by atoms with Gasteiger partial charge in [0.15, 0.2) is 5.82 Å². The zero-order valence-electron chi connectivity index (χ0n) is 17.4. The van der Waals surface area contributed by atoms with Crippen molar-refractivity contribution in [1.82, 2.24) is 24.9 Å². The van der Waals surface area contributed by atoms with Crippen molar-refractivity contribution in [3.05, 3.63) is 47.9 Å². The van der Waals surface area contributed by atoms with E-state index in [1.54, 1.807) is 18.2 Å². The average molecular weight is 447 g/mol. The molecule has 9 nitrogen and oxygen atoms in total. The molecule has 3 heterocycles. The van der Waals surface area contributed by atoms with Crippen LogP contribution in [0.2, 0.25) is 0 Å². The number of aromatic nitrogens is 5. The van der Waals surface area contributed by atoms with Gasteiger partial charge in [0.2, 0.25) is 11.9 Å². The lowest BCUT2D eigenvalue weighted by Crippen LogP contribution is -2.15. The molecule has 168 valence electrons. The van der Waals surface area contributed by atoms with Crippen molar-refractivity contribution in [3.63, 3.8) is 0 Å². The molecule has 2 N–H and O–H groups in total. The molecule has 0 saturated carbocycles. The number of ether oxygens (including phenoxy) is 1. The summed E-state index contributed by atoms with van der Waals surface area (Å²) in [5.41, 5.74) is -0.136. The monoisotopic (exact) mass is 447 g/mol. The van der Waals surface area contributed by atoms with Gasteiger partial charge in [0, 0.05) is 17.9 Å². The van der Waals surface area contributed by atoms with Crippen molar-refractivity contribution >= 4 is 23.6 Å². The van der Waals surface area contributed by atoms with Crippen molar-refractivity contribution in [2.45, 2.75) is 32.5 Å². The van der Waals surface area contributed by atoms with Crippen LogP contribution in [0.5, 0.6) is 0 Å². The van der Waals surface area contributed by atoms with Crippen LogP contribution in [-0.4, -0.2) is 44.0 Å². The maximum atomic E-state index is 13.0. The number of anilines is 3. The number of halogens is 3. The quantitative estimate of drug-likeness (QED) is 0.524. The summed E-state index contributed by atoms with van der Waals surface area (Å²) in [5.74, 6) is -0.0640. The predicted molar refractivity (Wildman–Crippen MR) is 110 cm³/mol. The van der Waals surface area contributed by atoms with Crippen LogP contribution >= 0.6 is 0 Å². The van der Waals surface area contributed by atoms with Crippen molar-refractivity contribution in [2.75, 3.05) is 17.7 Å². The molecule has 0 fully saturated rings. The normalized spacial score (nSPS) is 11.3. The highest BCUT2D eigenvalue weighted by Gasteiger charge is 2.32. The van der Waals surface area contributed by atoms with Gasteiger partial charge in [-0.05, 0) is 38.1 Å². The van der Waals surface area contributed by atoms with Gasteiger partial charge in [0.05, 0.1) is 19.2 Å². The van der Waals surface area contributed by atoms with Crippen LogP contribution in [0.25, 0.3) is 11.5 Å².